The van der Waals surface area contributed by atoms with Gasteiger partial charge in [0.2, 0.25) is 0 Å². The first-order valence-corrected chi connectivity index (χ1v) is 11.0. The van der Waals surface area contributed by atoms with E-state index in [1.165, 1.54) is 11.3 Å². The molecule has 1 N–H and O–H groups in total. The lowest BCUT2D eigenvalue weighted by Gasteiger charge is -2.23. The lowest BCUT2D eigenvalue weighted by Crippen LogP contribution is -2.38. The van der Waals surface area contributed by atoms with Gasteiger partial charge < -0.3 is 15.0 Å². The molecule has 0 spiro atoms. The third kappa shape index (κ3) is 4.50. The van der Waals surface area contributed by atoms with Crippen molar-refractivity contribution in [3.63, 3.8) is 0 Å². The maximum absolute atomic E-state index is 13.0. The van der Waals surface area contributed by atoms with Crippen LogP contribution in [-0.2, 0) is 17.9 Å². The highest BCUT2D eigenvalue weighted by Gasteiger charge is 2.30. The van der Waals surface area contributed by atoms with Gasteiger partial charge in [-0.15, -0.1) is 11.3 Å². The first-order chi connectivity index (χ1) is 14.5. The third-order valence-corrected chi connectivity index (χ3v) is 6.06. The number of carbonyl (C=O) groups is 2. The summed E-state index contributed by atoms with van der Waals surface area (Å²) in [6.07, 6.45) is 0.0387. The quantitative estimate of drug-likeness (QED) is 0.581. The number of fused-ring (bicyclic) bond motifs is 1. The molecule has 1 unspecified atom stereocenters. The highest BCUT2D eigenvalue weighted by atomic mass is 35.5. The molecule has 1 aromatic heterocycles. The molecule has 2 heterocycles. The van der Waals surface area contributed by atoms with Crippen molar-refractivity contribution in [1.82, 2.24) is 4.90 Å². The Hall–Kier alpha value is -2.83. The Morgan fingerprint density at radius 1 is 1.23 bits per heavy atom. The van der Waals surface area contributed by atoms with Crippen LogP contribution in [0.1, 0.15) is 34.1 Å². The largest absolute Gasteiger partial charge is 0.480 e. The van der Waals surface area contributed by atoms with E-state index in [9.17, 15) is 9.59 Å². The van der Waals surface area contributed by atoms with Crippen LogP contribution in [0.15, 0.2) is 60.0 Å². The Bertz CT molecular complexity index is 1050. The van der Waals surface area contributed by atoms with Gasteiger partial charge in [0, 0.05) is 29.4 Å². The molecule has 4 rings (SSSR count). The number of hydrogen-bond acceptors (Lipinski definition) is 4. The molecule has 0 saturated carbocycles. The van der Waals surface area contributed by atoms with Crippen molar-refractivity contribution in [1.29, 1.82) is 0 Å². The van der Waals surface area contributed by atoms with Crippen LogP contribution in [0.4, 0.5) is 5.69 Å². The van der Waals surface area contributed by atoms with Gasteiger partial charge in [0.1, 0.15) is 5.75 Å². The number of benzene rings is 2. The first kappa shape index (κ1) is 20.4. The summed E-state index contributed by atoms with van der Waals surface area (Å²) in [4.78, 5) is 27.9. The lowest BCUT2D eigenvalue weighted by atomic mass is 10.1. The molecular weight excluding hydrogens is 420 g/mol. The van der Waals surface area contributed by atoms with Crippen molar-refractivity contribution < 1.29 is 14.3 Å². The van der Waals surface area contributed by atoms with Crippen LogP contribution in [0.3, 0.4) is 0 Å². The molecule has 0 aliphatic carbocycles. The van der Waals surface area contributed by atoms with Crippen LogP contribution in [0.25, 0.3) is 0 Å². The lowest BCUT2D eigenvalue weighted by molar-refractivity contribution is -0.139. The summed E-state index contributed by atoms with van der Waals surface area (Å²) in [7, 11) is 0. The fourth-order valence-electron chi connectivity index (χ4n) is 3.39. The maximum atomic E-state index is 13.0. The maximum Gasteiger partial charge on any atom is 0.265 e. The molecule has 0 radical (unpaired) electrons. The highest BCUT2D eigenvalue weighted by Crippen LogP contribution is 2.30. The molecule has 7 heteroatoms. The molecule has 0 fully saturated rings. The standard InChI is InChI=1S/C23H21ClN2O3S/c1-2-19-23(28)26(13-15-5-7-17(24)8-6-15)14-16-12-18(9-10-20(16)29-19)25-22(27)21-4-3-11-30-21/h3-12,19H,2,13-14H2,1H3,(H,25,27). The molecule has 0 saturated heterocycles. The summed E-state index contributed by atoms with van der Waals surface area (Å²) >= 11 is 7.37. The van der Waals surface area contributed by atoms with E-state index in [4.69, 9.17) is 16.3 Å². The predicted molar refractivity (Wildman–Crippen MR) is 119 cm³/mol. The molecule has 1 aliphatic rings. The number of rotatable bonds is 5. The van der Waals surface area contributed by atoms with Gasteiger partial charge >= 0.3 is 0 Å². The number of hydrogen-bond donors (Lipinski definition) is 1. The SMILES string of the molecule is CCC1Oc2ccc(NC(=O)c3cccs3)cc2CN(Cc2ccc(Cl)cc2)C1=O. The van der Waals surface area contributed by atoms with E-state index in [0.29, 0.717) is 40.8 Å². The Morgan fingerprint density at radius 2 is 2.03 bits per heavy atom. The van der Waals surface area contributed by atoms with Crippen molar-refractivity contribution in [2.24, 2.45) is 0 Å². The number of anilines is 1. The summed E-state index contributed by atoms with van der Waals surface area (Å²) in [5, 5.41) is 5.45. The predicted octanol–water partition coefficient (Wildman–Crippen LogP) is 5.35. The van der Waals surface area contributed by atoms with Crippen molar-refractivity contribution >= 4 is 40.4 Å². The third-order valence-electron chi connectivity index (χ3n) is 4.94. The van der Waals surface area contributed by atoms with E-state index in [1.807, 2.05) is 54.8 Å². The zero-order valence-electron chi connectivity index (χ0n) is 16.4. The average molecular weight is 441 g/mol. The van der Waals surface area contributed by atoms with E-state index in [1.54, 1.807) is 17.0 Å². The second kappa shape index (κ2) is 8.90. The Labute approximate surface area is 184 Å². The number of halogens is 1. The molecule has 1 atom stereocenters. The molecule has 30 heavy (non-hydrogen) atoms. The number of carbonyl (C=O) groups excluding carboxylic acids is 2. The zero-order valence-corrected chi connectivity index (χ0v) is 18.0. The summed E-state index contributed by atoms with van der Waals surface area (Å²) in [6.45, 7) is 2.79. The smallest absolute Gasteiger partial charge is 0.265 e. The van der Waals surface area contributed by atoms with Crippen molar-refractivity contribution in [2.75, 3.05) is 5.32 Å². The molecule has 2 amide bonds. The van der Waals surface area contributed by atoms with Crippen LogP contribution < -0.4 is 10.1 Å². The minimum absolute atomic E-state index is 0.0483. The molecule has 3 aromatic rings. The minimum atomic E-state index is -0.537. The average Bonchev–Trinajstić information content (AvgIpc) is 3.25. The number of thiophene rings is 1. The van der Waals surface area contributed by atoms with E-state index in [-0.39, 0.29) is 11.8 Å². The summed E-state index contributed by atoms with van der Waals surface area (Å²) in [6, 6.07) is 16.6. The normalized spacial score (nSPS) is 15.9. The minimum Gasteiger partial charge on any atom is -0.480 e. The second-order valence-corrected chi connectivity index (χ2v) is 8.47. The molecule has 2 aromatic carbocycles. The van der Waals surface area contributed by atoms with Gasteiger partial charge in [0.25, 0.3) is 11.8 Å². The number of amides is 2. The molecular formula is C23H21ClN2O3S. The summed E-state index contributed by atoms with van der Waals surface area (Å²) in [5.41, 5.74) is 2.52. The highest BCUT2D eigenvalue weighted by molar-refractivity contribution is 7.12. The number of nitrogens with zero attached hydrogens (tertiary/aromatic N) is 1. The van der Waals surface area contributed by atoms with Crippen LogP contribution in [0.2, 0.25) is 5.02 Å². The molecule has 1 aliphatic heterocycles. The van der Waals surface area contributed by atoms with E-state index in [2.05, 4.69) is 5.32 Å². The number of nitrogens with one attached hydrogen (secondary N) is 1. The Kier molecular flexibility index (Phi) is 6.06. The fourth-order valence-corrected chi connectivity index (χ4v) is 4.13. The van der Waals surface area contributed by atoms with Gasteiger partial charge in [-0.25, -0.2) is 0 Å². The molecule has 154 valence electrons. The number of ether oxygens (including phenoxy) is 1. The van der Waals surface area contributed by atoms with Crippen LogP contribution in [0.5, 0.6) is 5.75 Å². The van der Waals surface area contributed by atoms with Gasteiger partial charge in [-0.05, 0) is 53.8 Å². The molecule has 5 nitrogen and oxygen atoms in total. The first-order valence-electron chi connectivity index (χ1n) is 9.71. The van der Waals surface area contributed by atoms with Gasteiger partial charge in [-0.1, -0.05) is 36.7 Å². The van der Waals surface area contributed by atoms with Crippen LogP contribution >= 0.6 is 22.9 Å². The Morgan fingerprint density at radius 3 is 2.73 bits per heavy atom. The van der Waals surface area contributed by atoms with E-state index in [0.717, 1.165) is 11.1 Å². The van der Waals surface area contributed by atoms with Gasteiger partial charge in [-0.2, -0.15) is 0 Å². The van der Waals surface area contributed by atoms with Gasteiger partial charge in [0.05, 0.1) is 4.88 Å². The van der Waals surface area contributed by atoms with Gasteiger partial charge in [-0.3, -0.25) is 9.59 Å². The fraction of sp³-hybridized carbons (Fsp3) is 0.217. The van der Waals surface area contributed by atoms with E-state index < -0.39 is 6.10 Å². The van der Waals surface area contributed by atoms with Crippen LogP contribution in [0, 0.1) is 0 Å². The molecule has 0 bridgehead atoms. The second-order valence-electron chi connectivity index (χ2n) is 7.09. The van der Waals surface area contributed by atoms with Crippen molar-refractivity contribution in [2.45, 2.75) is 32.5 Å². The topological polar surface area (TPSA) is 58.6 Å². The Balaban J connectivity index is 1.59. The van der Waals surface area contributed by atoms with E-state index >= 15 is 0 Å². The summed E-state index contributed by atoms with van der Waals surface area (Å²) < 4.78 is 6.01. The zero-order chi connectivity index (χ0) is 21.1. The van der Waals surface area contributed by atoms with Crippen molar-refractivity contribution in [3.05, 3.63) is 81.0 Å². The van der Waals surface area contributed by atoms with Crippen molar-refractivity contribution in [3.8, 4) is 5.75 Å². The summed E-state index contributed by atoms with van der Waals surface area (Å²) in [5.74, 6) is 0.468. The van der Waals surface area contributed by atoms with Crippen LogP contribution in [-0.4, -0.2) is 22.8 Å². The van der Waals surface area contributed by atoms with Gasteiger partial charge in [0.15, 0.2) is 6.10 Å². The monoisotopic (exact) mass is 440 g/mol.